The Morgan fingerprint density at radius 1 is 0.800 bits per heavy atom. The summed E-state index contributed by atoms with van der Waals surface area (Å²) in [6, 6.07) is 17.3. The second-order valence-corrected chi connectivity index (χ2v) is 4.63. The second-order valence-electron chi connectivity index (χ2n) is 4.63. The lowest BCUT2D eigenvalue weighted by molar-refractivity contribution is 0.946. The van der Waals surface area contributed by atoms with Crippen LogP contribution in [0.2, 0.25) is 0 Å². The highest BCUT2D eigenvalue weighted by molar-refractivity contribution is 5.53. The summed E-state index contributed by atoms with van der Waals surface area (Å²) in [5.74, 6) is 0. The van der Waals surface area contributed by atoms with Gasteiger partial charge in [0.1, 0.15) is 0 Å². The Kier molecular flexibility index (Phi) is 7.42. The van der Waals surface area contributed by atoms with Crippen LogP contribution in [0.5, 0.6) is 0 Å². The van der Waals surface area contributed by atoms with Gasteiger partial charge in [-0.1, -0.05) is 74.5 Å². The first-order valence-electron chi connectivity index (χ1n) is 7.56. The average Bonchev–Trinajstić information content (AvgIpc) is 2.50. The lowest BCUT2D eigenvalue weighted by atomic mass is 9.97. The van der Waals surface area contributed by atoms with Gasteiger partial charge in [-0.3, -0.25) is 0 Å². The number of aryl methyl sites for hydroxylation is 3. The van der Waals surface area contributed by atoms with Crippen molar-refractivity contribution in [2.24, 2.45) is 0 Å². The van der Waals surface area contributed by atoms with E-state index in [1.807, 2.05) is 13.8 Å². The van der Waals surface area contributed by atoms with Gasteiger partial charge in [-0.2, -0.15) is 0 Å². The molecule has 0 bridgehead atoms. The average molecular weight is 266 g/mol. The molecule has 2 aromatic carbocycles. The maximum atomic E-state index is 2.23. The van der Waals surface area contributed by atoms with E-state index in [-0.39, 0.29) is 0 Å². The third-order valence-electron chi connectivity index (χ3n) is 3.33. The van der Waals surface area contributed by atoms with Crippen LogP contribution in [0.15, 0.2) is 54.6 Å². The molecule has 0 atom stereocenters. The fourth-order valence-electron chi connectivity index (χ4n) is 2.26. The fourth-order valence-corrected chi connectivity index (χ4v) is 2.26. The fraction of sp³-hybridized carbons (Fsp3) is 0.300. The molecular weight excluding hydrogens is 240 g/mol. The molecule has 2 aromatic rings. The van der Waals surface area contributed by atoms with Crippen molar-refractivity contribution in [2.45, 2.75) is 40.5 Å². The molecule has 0 aliphatic carbocycles. The third kappa shape index (κ3) is 4.70. The van der Waals surface area contributed by atoms with E-state index in [9.17, 15) is 0 Å². The van der Waals surface area contributed by atoms with Crippen LogP contribution in [0.25, 0.3) is 6.08 Å². The van der Waals surface area contributed by atoms with Crippen LogP contribution < -0.4 is 0 Å². The van der Waals surface area contributed by atoms with Crippen LogP contribution in [0.3, 0.4) is 0 Å². The minimum absolute atomic E-state index is 1.10. The second kappa shape index (κ2) is 9.14. The van der Waals surface area contributed by atoms with Gasteiger partial charge in [-0.15, -0.1) is 0 Å². The number of rotatable bonds is 4. The lowest BCUT2D eigenvalue weighted by Gasteiger charge is -2.08. The molecule has 0 unspecified atom stereocenters. The van der Waals surface area contributed by atoms with E-state index in [4.69, 9.17) is 0 Å². The first-order chi connectivity index (χ1) is 9.81. The number of benzene rings is 2. The maximum absolute atomic E-state index is 2.23. The van der Waals surface area contributed by atoms with Crippen LogP contribution in [-0.4, -0.2) is 0 Å². The van der Waals surface area contributed by atoms with Gasteiger partial charge in [0.25, 0.3) is 0 Å². The Hall–Kier alpha value is -1.82. The zero-order valence-corrected chi connectivity index (χ0v) is 13.2. The molecule has 2 rings (SSSR count). The Morgan fingerprint density at radius 2 is 1.35 bits per heavy atom. The minimum atomic E-state index is 1.10. The Morgan fingerprint density at radius 3 is 2.00 bits per heavy atom. The van der Waals surface area contributed by atoms with Crippen molar-refractivity contribution >= 4 is 6.08 Å². The van der Waals surface area contributed by atoms with Crippen LogP contribution in [0, 0.1) is 6.92 Å². The summed E-state index contributed by atoms with van der Waals surface area (Å²) < 4.78 is 0. The first-order valence-corrected chi connectivity index (χ1v) is 7.56. The maximum Gasteiger partial charge on any atom is -0.0228 e. The van der Waals surface area contributed by atoms with Crippen molar-refractivity contribution in [3.8, 4) is 0 Å². The molecule has 0 aliphatic heterocycles. The van der Waals surface area contributed by atoms with E-state index >= 15 is 0 Å². The quantitative estimate of drug-likeness (QED) is 0.652. The summed E-state index contributed by atoms with van der Waals surface area (Å²) in [5, 5.41) is 0. The van der Waals surface area contributed by atoms with Gasteiger partial charge in [-0.05, 0) is 48.9 Å². The van der Waals surface area contributed by atoms with Gasteiger partial charge in [-0.25, -0.2) is 0 Å². The molecule has 0 aromatic heterocycles. The molecule has 20 heavy (non-hydrogen) atoms. The topological polar surface area (TPSA) is 0 Å². The SMILES string of the molecule is C/C=C\c1ccccc1CCc1ccccc1C.CC. The standard InChI is InChI=1S/C18H20.C2H6/c1-3-8-17-11-6-7-12-18(17)14-13-16-10-5-4-9-15(16)2;1-2/h3-12H,13-14H2,1-2H3;1-2H3/b8-3-;. The predicted molar refractivity (Wildman–Crippen MR) is 91.1 cm³/mol. The van der Waals surface area contributed by atoms with E-state index < -0.39 is 0 Å². The van der Waals surface area contributed by atoms with Gasteiger partial charge < -0.3 is 0 Å². The molecule has 106 valence electrons. The summed E-state index contributed by atoms with van der Waals surface area (Å²) >= 11 is 0. The molecule has 0 heterocycles. The van der Waals surface area contributed by atoms with Gasteiger partial charge in [0.05, 0.1) is 0 Å². The summed E-state index contributed by atoms with van der Waals surface area (Å²) in [6.45, 7) is 8.26. The molecule has 0 saturated carbocycles. The number of allylic oxidation sites excluding steroid dienone is 1. The molecule has 0 fully saturated rings. The molecule has 0 heteroatoms. The van der Waals surface area contributed by atoms with Crippen molar-refractivity contribution in [1.82, 2.24) is 0 Å². The van der Waals surface area contributed by atoms with Crippen molar-refractivity contribution < 1.29 is 0 Å². The molecule has 0 amide bonds. The monoisotopic (exact) mass is 266 g/mol. The Bertz CT molecular complexity index is 535. The molecule has 0 saturated heterocycles. The highest BCUT2D eigenvalue weighted by Crippen LogP contribution is 2.15. The van der Waals surface area contributed by atoms with Crippen LogP contribution in [0.1, 0.15) is 43.0 Å². The lowest BCUT2D eigenvalue weighted by Crippen LogP contribution is -1.95. The van der Waals surface area contributed by atoms with E-state index in [0.29, 0.717) is 0 Å². The minimum Gasteiger partial charge on any atom is -0.0871 e. The van der Waals surface area contributed by atoms with Gasteiger partial charge in [0, 0.05) is 0 Å². The van der Waals surface area contributed by atoms with E-state index in [2.05, 4.69) is 74.5 Å². The van der Waals surface area contributed by atoms with Gasteiger partial charge >= 0.3 is 0 Å². The van der Waals surface area contributed by atoms with E-state index in [1.165, 1.54) is 22.3 Å². The zero-order valence-electron chi connectivity index (χ0n) is 13.2. The highest BCUT2D eigenvalue weighted by Gasteiger charge is 2.01. The largest absolute Gasteiger partial charge is 0.0871 e. The first kappa shape index (κ1) is 16.2. The van der Waals surface area contributed by atoms with Gasteiger partial charge in [0.15, 0.2) is 0 Å². The predicted octanol–water partition coefficient (Wildman–Crippen LogP) is 5.84. The van der Waals surface area contributed by atoms with Gasteiger partial charge in [0.2, 0.25) is 0 Å². The van der Waals surface area contributed by atoms with E-state index in [0.717, 1.165) is 12.8 Å². The third-order valence-corrected chi connectivity index (χ3v) is 3.33. The van der Waals surface area contributed by atoms with Crippen LogP contribution in [0.4, 0.5) is 0 Å². The summed E-state index contributed by atoms with van der Waals surface area (Å²) in [6.07, 6.45) is 6.51. The van der Waals surface area contributed by atoms with Crippen molar-refractivity contribution in [3.05, 3.63) is 76.9 Å². The zero-order chi connectivity index (χ0) is 14.8. The Balaban J connectivity index is 0.000000956. The molecule has 0 spiro atoms. The normalized spacial score (nSPS) is 10.2. The smallest absolute Gasteiger partial charge is 0.0228 e. The van der Waals surface area contributed by atoms with Crippen molar-refractivity contribution in [1.29, 1.82) is 0 Å². The molecule has 0 N–H and O–H groups in total. The van der Waals surface area contributed by atoms with Crippen molar-refractivity contribution in [3.63, 3.8) is 0 Å². The van der Waals surface area contributed by atoms with Crippen molar-refractivity contribution in [2.75, 3.05) is 0 Å². The highest BCUT2D eigenvalue weighted by atomic mass is 14.1. The number of hydrogen-bond donors (Lipinski definition) is 0. The molecular formula is C20H26. The summed E-state index contributed by atoms with van der Waals surface area (Å²) in [7, 11) is 0. The molecule has 0 aliphatic rings. The van der Waals surface area contributed by atoms with Crippen LogP contribution in [-0.2, 0) is 12.8 Å². The number of hydrogen-bond acceptors (Lipinski definition) is 0. The van der Waals surface area contributed by atoms with Crippen LogP contribution >= 0.6 is 0 Å². The molecule has 0 nitrogen and oxygen atoms in total. The summed E-state index contributed by atoms with van der Waals surface area (Å²) in [4.78, 5) is 0. The summed E-state index contributed by atoms with van der Waals surface area (Å²) in [5.41, 5.74) is 5.61. The van der Waals surface area contributed by atoms with E-state index in [1.54, 1.807) is 0 Å². The molecule has 0 radical (unpaired) electrons. The Labute approximate surface area is 124 Å².